The summed E-state index contributed by atoms with van der Waals surface area (Å²) >= 11 is 0. The lowest BCUT2D eigenvalue weighted by atomic mass is 10.0. The van der Waals surface area contributed by atoms with E-state index in [9.17, 15) is 19.2 Å². The highest BCUT2D eigenvalue weighted by Gasteiger charge is 2.14. The topological polar surface area (TPSA) is 148 Å². The molecule has 0 aliphatic rings. The Labute approximate surface area is 310 Å². The molecule has 1 aromatic heterocycles. The van der Waals surface area contributed by atoms with Crippen LogP contribution in [0.15, 0.2) is 113 Å². The van der Waals surface area contributed by atoms with Crippen LogP contribution in [0.3, 0.4) is 0 Å². The Morgan fingerprint density at radius 3 is 1.89 bits per heavy atom. The highest BCUT2D eigenvalue weighted by molar-refractivity contribution is 6.03. The van der Waals surface area contributed by atoms with Gasteiger partial charge in [0.25, 0.3) is 5.56 Å². The largest absolute Gasteiger partial charge is 0.417 e. The van der Waals surface area contributed by atoms with Crippen molar-refractivity contribution in [3.63, 3.8) is 0 Å². The van der Waals surface area contributed by atoms with Gasteiger partial charge in [-0.25, -0.2) is 14.2 Å². The van der Waals surface area contributed by atoms with E-state index in [1.54, 1.807) is 48.5 Å². The summed E-state index contributed by atoms with van der Waals surface area (Å²) in [4.78, 5) is 51.3. The fourth-order valence-electron chi connectivity index (χ4n) is 5.00. The summed E-state index contributed by atoms with van der Waals surface area (Å²) in [6, 6.07) is 30.9. The normalized spacial score (nSPS) is 9.98. The number of carbonyl (C=O) groups excluding carboxylic acids is 2. The standard InChI is InChI=1S/C17H16N2O2.C17H17NO3.C7H10N2.C2H6/c1-10-4-6-13(7-5-10)19-16(20)14-8-11(2)12(3)9-15(14)18-17(19)21;1-11-9-15(13(3)19)16(10-12(11)2)18-17(20)21-14-7-5-4-6-8-14;1-9-7-4-2-6(8)3-5-7;1-2/h4-9H,1-3H3,(H,18,21);4-10H,1-3H3,(H,18,20);2-5,9H,8H2,1H3;1-2H3. The number of aromatic amines is 1. The first kappa shape index (κ1) is 41.0. The van der Waals surface area contributed by atoms with Crippen LogP contribution in [0, 0.1) is 34.6 Å². The highest BCUT2D eigenvalue weighted by atomic mass is 16.6. The zero-order valence-corrected chi connectivity index (χ0v) is 31.9. The number of nitrogens with zero attached hydrogens (tertiary/aromatic N) is 1. The summed E-state index contributed by atoms with van der Waals surface area (Å²) in [7, 11) is 1.88. The van der Waals surface area contributed by atoms with Crippen LogP contribution in [0.4, 0.5) is 21.9 Å². The average Bonchev–Trinajstić information content (AvgIpc) is 3.13. The van der Waals surface area contributed by atoms with Gasteiger partial charge in [-0.3, -0.25) is 14.9 Å². The Morgan fingerprint density at radius 1 is 0.736 bits per heavy atom. The number of carbonyl (C=O) groups is 2. The highest BCUT2D eigenvalue weighted by Crippen LogP contribution is 2.22. The van der Waals surface area contributed by atoms with Crippen LogP contribution < -0.4 is 32.4 Å². The van der Waals surface area contributed by atoms with E-state index in [1.165, 1.54) is 11.5 Å². The van der Waals surface area contributed by atoms with Crippen LogP contribution in [0.25, 0.3) is 16.6 Å². The molecule has 10 nitrogen and oxygen atoms in total. The zero-order chi connectivity index (χ0) is 39.2. The second-order valence-electron chi connectivity index (χ2n) is 12.1. The minimum atomic E-state index is -0.619. The first-order valence-corrected chi connectivity index (χ1v) is 17.3. The number of rotatable bonds is 5. The van der Waals surface area contributed by atoms with Gasteiger partial charge >= 0.3 is 11.8 Å². The number of hydrogen-bond acceptors (Lipinski definition) is 7. The number of nitrogens with one attached hydrogen (secondary N) is 3. The van der Waals surface area contributed by atoms with Crippen LogP contribution in [0.5, 0.6) is 5.75 Å². The number of aromatic nitrogens is 2. The molecule has 0 fully saturated rings. The molecule has 6 rings (SSSR count). The molecule has 0 unspecified atom stereocenters. The van der Waals surface area contributed by atoms with E-state index in [0.717, 1.165) is 39.2 Å². The maximum atomic E-state index is 12.6. The second-order valence-corrected chi connectivity index (χ2v) is 12.1. The molecule has 0 bridgehead atoms. The van der Waals surface area contributed by atoms with Gasteiger partial charge in [-0.1, -0.05) is 49.7 Å². The number of benzene rings is 5. The molecule has 0 aliphatic heterocycles. The van der Waals surface area contributed by atoms with Gasteiger partial charge in [-0.05, 0) is 137 Å². The summed E-state index contributed by atoms with van der Waals surface area (Å²) < 4.78 is 6.34. The summed E-state index contributed by atoms with van der Waals surface area (Å²) in [5.41, 5.74) is 13.9. The van der Waals surface area contributed by atoms with Gasteiger partial charge in [-0.15, -0.1) is 0 Å². The maximum Gasteiger partial charge on any atom is 0.417 e. The lowest BCUT2D eigenvalue weighted by Gasteiger charge is -2.12. The molecule has 5 N–H and O–H groups in total. The van der Waals surface area contributed by atoms with E-state index in [4.69, 9.17) is 10.5 Å². The molecule has 0 atom stereocenters. The number of para-hydroxylation sites is 1. The van der Waals surface area contributed by atoms with Gasteiger partial charge < -0.3 is 20.8 Å². The van der Waals surface area contributed by atoms with Crippen molar-refractivity contribution < 1.29 is 14.3 Å². The number of nitrogens with two attached hydrogens (primary N) is 1. The number of ether oxygens (including phenoxy) is 1. The number of H-pyrrole nitrogens is 1. The van der Waals surface area contributed by atoms with Crippen molar-refractivity contribution in [1.29, 1.82) is 0 Å². The molecule has 10 heteroatoms. The lowest BCUT2D eigenvalue weighted by Crippen LogP contribution is -2.33. The maximum absolute atomic E-state index is 12.6. The predicted molar refractivity (Wildman–Crippen MR) is 218 cm³/mol. The number of nitrogen functional groups attached to an aromatic ring is 1. The Hall–Kier alpha value is -6.42. The third kappa shape index (κ3) is 11.3. The van der Waals surface area contributed by atoms with Crippen LogP contribution in [0.1, 0.15) is 58.9 Å². The minimum Gasteiger partial charge on any atom is -0.410 e. The molecular weight excluding hydrogens is 667 g/mol. The van der Waals surface area contributed by atoms with Gasteiger partial charge in [0, 0.05) is 24.0 Å². The summed E-state index contributed by atoms with van der Waals surface area (Å²) in [5, 5.41) is 6.15. The molecule has 1 heterocycles. The van der Waals surface area contributed by atoms with Crippen LogP contribution >= 0.6 is 0 Å². The third-order valence-electron chi connectivity index (χ3n) is 8.21. The fourth-order valence-corrected chi connectivity index (χ4v) is 5.00. The van der Waals surface area contributed by atoms with Gasteiger partial charge in [0.05, 0.1) is 22.3 Å². The number of fused-ring (bicyclic) bond motifs is 1. The van der Waals surface area contributed by atoms with Crippen molar-refractivity contribution >= 4 is 39.8 Å². The Kier molecular flexibility index (Phi) is 14.9. The predicted octanol–water partition coefficient (Wildman–Crippen LogP) is 9.06. The van der Waals surface area contributed by atoms with Gasteiger partial charge in [-0.2, -0.15) is 0 Å². The summed E-state index contributed by atoms with van der Waals surface area (Å²) in [6.45, 7) is 15.2. The molecule has 0 aliphatic carbocycles. The fraction of sp³-hybridized carbons (Fsp3) is 0.209. The molecule has 0 spiro atoms. The Balaban J connectivity index is 0.000000224. The van der Waals surface area contributed by atoms with E-state index in [1.807, 2.05) is 110 Å². The first-order valence-electron chi connectivity index (χ1n) is 17.3. The van der Waals surface area contributed by atoms with E-state index in [0.29, 0.717) is 33.6 Å². The molecule has 0 radical (unpaired) electrons. The van der Waals surface area contributed by atoms with Crippen molar-refractivity contribution in [1.82, 2.24) is 9.55 Å². The van der Waals surface area contributed by atoms with Crippen LogP contribution in [0.2, 0.25) is 0 Å². The first-order chi connectivity index (χ1) is 25.3. The number of anilines is 3. The lowest BCUT2D eigenvalue weighted by molar-refractivity contribution is 0.101. The number of ketones is 1. The molecule has 53 heavy (non-hydrogen) atoms. The van der Waals surface area contributed by atoms with Gasteiger partial charge in [0.2, 0.25) is 0 Å². The van der Waals surface area contributed by atoms with Crippen molar-refractivity contribution in [2.45, 2.75) is 55.4 Å². The molecular formula is C43H49N5O5. The Bertz CT molecular complexity index is 2280. The number of hydrogen-bond donors (Lipinski definition) is 4. The quantitative estimate of drug-likeness (QED) is 0.103. The monoisotopic (exact) mass is 715 g/mol. The van der Waals surface area contributed by atoms with Crippen molar-refractivity contribution in [2.75, 3.05) is 23.4 Å². The minimum absolute atomic E-state index is 0.104. The third-order valence-corrected chi connectivity index (χ3v) is 8.21. The summed E-state index contributed by atoms with van der Waals surface area (Å²) in [6.07, 6.45) is -0.619. The van der Waals surface area contributed by atoms with E-state index >= 15 is 0 Å². The summed E-state index contributed by atoms with van der Waals surface area (Å²) in [5.74, 6) is 0.344. The smallest absolute Gasteiger partial charge is 0.410 e. The molecule has 276 valence electrons. The van der Waals surface area contributed by atoms with Gasteiger partial charge in [0.15, 0.2) is 5.78 Å². The molecule has 0 saturated heterocycles. The number of Topliss-reactive ketones (excluding diaryl/α,β-unsaturated/α-hetero) is 1. The van der Waals surface area contributed by atoms with Gasteiger partial charge in [0.1, 0.15) is 5.75 Å². The Morgan fingerprint density at radius 2 is 1.30 bits per heavy atom. The molecule has 6 aromatic rings. The SMILES string of the molecule is CC.CC(=O)c1cc(C)c(C)cc1NC(=O)Oc1ccccc1.CNc1ccc(N)cc1.Cc1ccc(-n2c(=O)[nH]c3cc(C)c(C)cc3c2=O)cc1. The average molecular weight is 716 g/mol. The van der Waals surface area contributed by atoms with Crippen molar-refractivity contribution in [3.05, 3.63) is 157 Å². The molecule has 1 amide bonds. The van der Waals surface area contributed by atoms with E-state index < -0.39 is 11.8 Å². The number of amides is 1. The zero-order valence-electron chi connectivity index (χ0n) is 31.9. The second kappa shape index (κ2) is 19.3. The van der Waals surface area contributed by atoms with E-state index in [2.05, 4.69) is 15.6 Å². The van der Waals surface area contributed by atoms with Crippen LogP contribution in [-0.4, -0.2) is 28.5 Å². The molecule has 0 saturated carbocycles. The van der Waals surface area contributed by atoms with Crippen molar-refractivity contribution in [2.24, 2.45) is 0 Å². The van der Waals surface area contributed by atoms with E-state index in [-0.39, 0.29) is 11.3 Å². The molecule has 5 aromatic carbocycles. The number of aryl methyl sites for hydroxylation is 5. The van der Waals surface area contributed by atoms with Crippen molar-refractivity contribution in [3.8, 4) is 11.4 Å². The van der Waals surface area contributed by atoms with Crippen LogP contribution in [-0.2, 0) is 0 Å².